The lowest BCUT2D eigenvalue weighted by molar-refractivity contribution is -0.122. The van der Waals surface area contributed by atoms with Gasteiger partial charge in [-0.05, 0) is 37.4 Å². The largest absolute Gasteiger partial charge is 0.369 e. The van der Waals surface area contributed by atoms with E-state index in [1.165, 1.54) is 17.0 Å². The molecule has 1 aromatic heterocycles. The zero-order valence-corrected chi connectivity index (χ0v) is 17.2. The van der Waals surface area contributed by atoms with E-state index in [9.17, 15) is 9.59 Å². The minimum absolute atomic E-state index is 0.153. The molecular formula is C21H28N4O2S. The Morgan fingerprint density at radius 3 is 2.39 bits per heavy atom. The van der Waals surface area contributed by atoms with E-state index in [0.717, 1.165) is 26.2 Å². The lowest BCUT2D eigenvalue weighted by Gasteiger charge is -2.39. The number of benzene rings is 1. The van der Waals surface area contributed by atoms with E-state index in [1.807, 2.05) is 17.5 Å². The third kappa shape index (κ3) is 5.33. The predicted octanol–water partition coefficient (Wildman–Crippen LogP) is 2.19. The third-order valence-electron chi connectivity index (χ3n) is 5.12. The first-order valence-corrected chi connectivity index (χ1v) is 10.6. The summed E-state index contributed by atoms with van der Waals surface area (Å²) in [7, 11) is 0. The van der Waals surface area contributed by atoms with Crippen molar-refractivity contribution in [2.75, 3.05) is 37.6 Å². The van der Waals surface area contributed by atoms with Crippen LogP contribution in [0, 0.1) is 0 Å². The first-order valence-electron chi connectivity index (χ1n) is 9.70. The van der Waals surface area contributed by atoms with Gasteiger partial charge < -0.3 is 15.5 Å². The minimum atomic E-state index is -0.559. The highest BCUT2D eigenvalue weighted by Gasteiger charge is 2.23. The van der Waals surface area contributed by atoms with Crippen molar-refractivity contribution in [2.45, 2.75) is 25.9 Å². The monoisotopic (exact) mass is 400 g/mol. The summed E-state index contributed by atoms with van der Waals surface area (Å²) in [5.74, 6) is -0.359. The zero-order valence-electron chi connectivity index (χ0n) is 16.4. The maximum atomic E-state index is 12.3. The Balaban J connectivity index is 1.39. The molecule has 1 saturated heterocycles. The van der Waals surface area contributed by atoms with Crippen molar-refractivity contribution in [3.8, 4) is 0 Å². The molecule has 2 N–H and O–H groups in total. The normalized spacial score (nSPS) is 17.0. The molecule has 1 aliphatic heterocycles. The minimum Gasteiger partial charge on any atom is -0.369 e. The Bertz CT molecular complexity index is 758. The fourth-order valence-electron chi connectivity index (χ4n) is 3.33. The van der Waals surface area contributed by atoms with E-state index in [2.05, 4.69) is 51.6 Å². The maximum absolute atomic E-state index is 12.3. The number of thiophene rings is 1. The molecule has 2 amide bonds. The SMILES string of the molecule is CC(NC(=O)c1cccs1)C(=O)NCC(C)N1CCN(c2ccccc2)CC1. The number of para-hydroxylation sites is 1. The molecule has 1 aromatic carbocycles. The van der Waals surface area contributed by atoms with Gasteiger partial charge >= 0.3 is 0 Å². The molecule has 2 heterocycles. The topological polar surface area (TPSA) is 64.7 Å². The maximum Gasteiger partial charge on any atom is 0.261 e. The third-order valence-corrected chi connectivity index (χ3v) is 5.99. The van der Waals surface area contributed by atoms with Gasteiger partial charge in [-0.1, -0.05) is 24.3 Å². The second kappa shape index (κ2) is 9.71. The van der Waals surface area contributed by atoms with Gasteiger partial charge in [-0.25, -0.2) is 0 Å². The number of hydrogen-bond donors (Lipinski definition) is 2. The highest BCUT2D eigenvalue weighted by Crippen LogP contribution is 2.16. The molecular weight excluding hydrogens is 372 g/mol. The van der Waals surface area contributed by atoms with E-state index >= 15 is 0 Å². The summed E-state index contributed by atoms with van der Waals surface area (Å²) >= 11 is 1.37. The van der Waals surface area contributed by atoms with E-state index in [4.69, 9.17) is 0 Å². The average Bonchev–Trinajstić information content (AvgIpc) is 3.27. The Morgan fingerprint density at radius 1 is 1.04 bits per heavy atom. The number of carbonyl (C=O) groups excluding carboxylic acids is 2. The molecule has 6 nitrogen and oxygen atoms in total. The number of piperazine rings is 1. The number of hydrogen-bond acceptors (Lipinski definition) is 5. The first-order chi connectivity index (χ1) is 13.5. The molecule has 150 valence electrons. The molecule has 3 rings (SSSR count). The lowest BCUT2D eigenvalue weighted by Crippen LogP contribution is -2.53. The first kappa shape index (κ1) is 20.4. The summed E-state index contributed by atoms with van der Waals surface area (Å²) in [5.41, 5.74) is 1.26. The lowest BCUT2D eigenvalue weighted by atomic mass is 10.2. The number of nitrogens with zero attached hydrogens (tertiary/aromatic N) is 2. The van der Waals surface area contributed by atoms with Crippen LogP contribution in [0.4, 0.5) is 5.69 Å². The van der Waals surface area contributed by atoms with Gasteiger partial charge in [-0.3, -0.25) is 14.5 Å². The van der Waals surface area contributed by atoms with E-state index in [0.29, 0.717) is 11.4 Å². The highest BCUT2D eigenvalue weighted by molar-refractivity contribution is 7.12. The van der Waals surface area contributed by atoms with Crippen molar-refractivity contribution >= 4 is 28.8 Å². The van der Waals surface area contributed by atoms with Crippen LogP contribution < -0.4 is 15.5 Å². The molecule has 0 saturated carbocycles. The van der Waals surface area contributed by atoms with Gasteiger partial charge in [0.25, 0.3) is 5.91 Å². The van der Waals surface area contributed by atoms with Crippen molar-refractivity contribution in [1.29, 1.82) is 0 Å². The van der Waals surface area contributed by atoms with Crippen LogP contribution in [0.2, 0.25) is 0 Å². The van der Waals surface area contributed by atoms with E-state index < -0.39 is 6.04 Å². The molecule has 0 spiro atoms. The molecule has 7 heteroatoms. The van der Waals surface area contributed by atoms with Crippen molar-refractivity contribution < 1.29 is 9.59 Å². The van der Waals surface area contributed by atoms with Crippen LogP contribution in [0.15, 0.2) is 47.8 Å². The Hall–Kier alpha value is -2.38. The molecule has 2 atom stereocenters. The van der Waals surface area contributed by atoms with Crippen LogP contribution in [-0.2, 0) is 4.79 Å². The molecule has 1 fully saturated rings. The summed E-state index contributed by atoms with van der Waals surface area (Å²) in [4.78, 5) is 29.8. The van der Waals surface area contributed by atoms with Crippen LogP contribution in [0.1, 0.15) is 23.5 Å². The fraction of sp³-hybridized carbons (Fsp3) is 0.429. The van der Waals surface area contributed by atoms with Gasteiger partial charge in [0.15, 0.2) is 0 Å². The fourth-order valence-corrected chi connectivity index (χ4v) is 3.96. The number of nitrogens with one attached hydrogen (secondary N) is 2. The van der Waals surface area contributed by atoms with Crippen LogP contribution >= 0.6 is 11.3 Å². The Kier molecular flexibility index (Phi) is 7.06. The molecule has 2 unspecified atom stereocenters. The summed E-state index contributed by atoms with van der Waals surface area (Å²) in [6.45, 7) is 8.32. The number of anilines is 1. The zero-order chi connectivity index (χ0) is 19.9. The van der Waals surface area contributed by atoms with E-state index in [-0.39, 0.29) is 17.9 Å². The summed E-state index contributed by atoms with van der Waals surface area (Å²) in [6.07, 6.45) is 0. The number of carbonyl (C=O) groups is 2. The van der Waals surface area contributed by atoms with Crippen molar-refractivity contribution in [3.63, 3.8) is 0 Å². The summed E-state index contributed by atoms with van der Waals surface area (Å²) in [6, 6.07) is 13.7. The Morgan fingerprint density at radius 2 is 1.75 bits per heavy atom. The standard InChI is InChI=1S/C21H28N4O2S/c1-16(24-10-12-25(13-11-24)18-7-4-3-5-8-18)15-22-20(26)17(2)23-21(27)19-9-6-14-28-19/h3-9,14,16-17H,10-13,15H2,1-2H3,(H,22,26)(H,23,27). The molecule has 0 aliphatic carbocycles. The number of rotatable bonds is 7. The molecule has 0 radical (unpaired) electrons. The smallest absolute Gasteiger partial charge is 0.261 e. The van der Waals surface area contributed by atoms with Crippen molar-refractivity contribution in [1.82, 2.24) is 15.5 Å². The second-order valence-corrected chi connectivity index (χ2v) is 8.07. The molecule has 0 bridgehead atoms. The summed E-state index contributed by atoms with van der Waals surface area (Å²) < 4.78 is 0. The van der Waals surface area contributed by atoms with Gasteiger partial charge in [-0.2, -0.15) is 0 Å². The van der Waals surface area contributed by atoms with Gasteiger partial charge in [0.05, 0.1) is 4.88 Å². The molecule has 2 aromatic rings. The van der Waals surface area contributed by atoms with Crippen LogP contribution in [-0.4, -0.2) is 61.5 Å². The van der Waals surface area contributed by atoms with Crippen molar-refractivity contribution in [3.05, 3.63) is 52.7 Å². The van der Waals surface area contributed by atoms with Gasteiger partial charge in [0, 0.05) is 44.5 Å². The second-order valence-electron chi connectivity index (χ2n) is 7.13. The molecule has 28 heavy (non-hydrogen) atoms. The van der Waals surface area contributed by atoms with Crippen molar-refractivity contribution in [2.24, 2.45) is 0 Å². The highest BCUT2D eigenvalue weighted by atomic mass is 32.1. The van der Waals surface area contributed by atoms with Gasteiger partial charge in [0.2, 0.25) is 5.91 Å². The van der Waals surface area contributed by atoms with E-state index in [1.54, 1.807) is 13.0 Å². The molecule has 1 aliphatic rings. The van der Waals surface area contributed by atoms with Gasteiger partial charge in [0.1, 0.15) is 6.04 Å². The van der Waals surface area contributed by atoms with Crippen LogP contribution in [0.3, 0.4) is 0 Å². The summed E-state index contributed by atoms with van der Waals surface area (Å²) in [5, 5.41) is 7.56. The van der Waals surface area contributed by atoms with Crippen LogP contribution in [0.25, 0.3) is 0 Å². The van der Waals surface area contributed by atoms with Crippen LogP contribution in [0.5, 0.6) is 0 Å². The average molecular weight is 401 g/mol. The Labute approximate surface area is 170 Å². The quantitative estimate of drug-likeness (QED) is 0.748. The predicted molar refractivity (Wildman–Crippen MR) is 114 cm³/mol. The number of amides is 2. The van der Waals surface area contributed by atoms with Gasteiger partial charge in [-0.15, -0.1) is 11.3 Å².